The first-order valence-electron chi connectivity index (χ1n) is 14.9. The molecule has 1 fully saturated rings. The molecule has 0 radical (unpaired) electrons. The molecule has 2 heterocycles. The average molecular weight is 587 g/mol. The molecule has 1 saturated heterocycles. The van der Waals surface area contributed by atoms with E-state index < -0.39 is 0 Å². The normalized spacial score (nSPS) is 16.0. The maximum atomic E-state index is 13.4. The number of nitrogens with one attached hydrogen (secondary N) is 2. The van der Waals surface area contributed by atoms with Gasteiger partial charge in [-0.15, -0.1) is 0 Å². The highest BCUT2D eigenvalue weighted by molar-refractivity contribution is 5.98. The average Bonchev–Trinajstić information content (AvgIpc) is 3.66. The molecule has 44 heavy (non-hydrogen) atoms. The number of fused-ring (bicyclic) bond motifs is 4. The lowest BCUT2D eigenvalue weighted by atomic mass is 10.0. The van der Waals surface area contributed by atoms with Crippen LogP contribution in [-0.4, -0.2) is 67.0 Å². The van der Waals surface area contributed by atoms with Crippen molar-refractivity contribution in [2.75, 3.05) is 45.7 Å². The summed E-state index contributed by atoms with van der Waals surface area (Å²) in [6.45, 7) is 2.82. The van der Waals surface area contributed by atoms with E-state index in [9.17, 15) is 9.59 Å². The van der Waals surface area contributed by atoms with Gasteiger partial charge in [-0.2, -0.15) is 0 Å². The van der Waals surface area contributed by atoms with Gasteiger partial charge in [0, 0.05) is 54.5 Å². The molecule has 2 aliphatic rings. The fraction of sp³-hybridized carbons (Fsp3) is 0.222. The molecule has 1 unspecified atom stereocenters. The highest BCUT2D eigenvalue weighted by Crippen LogP contribution is 2.47. The smallest absolute Gasteiger partial charge is 0.253 e. The van der Waals surface area contributed by atoms with Crippen LogP contribution in [0.2, 0.25) is 0 Å². The Morgan fingerprint density at radius 1 is 0.818 bits per heavy atom. The Balaban J connectivity index is 1.08. The molecule has 0 bridgehead atoms. The van der Waals surface area contributed by atoms with Crippen molar-refractivity contribution in [1.82, 2.24) is 14.8 Å². The second-order valence-electron chi connectivity index (χ2n) is 11.3. The standard InChI is InChI=1S/C36H34N4O4/c1-43-32-12-7-23(19-33(32)44-2)20-34(41)38-26-9-10-28-27-5-3-4-6-29(27)35(30(28)22-26)39-15-17-40(18-16-39)36(42)25-8-11-31-24(21-25)13-14-37-31/h3-14,19,21-22,35,37H,15-18,20H2,1-2H3,(H,38,41). The van der Waals surface area contributed by atoms with Gasteiger partial charge in [0.1, 0.15) is 0 Å². The lowest BCUT2D eigenvalue weighted by molar-refractivity contribution is -0.115. The van der Waals surface area contributed by atoms with Gasteiger partial charge in [-0.05, 0) is 76.3 Å². The molecule has 7 rings (SSSR count). The van der Waals surface area contributed by atoms with Gasteiger partial charge in [0.15, 0.2) is 11.5 Å². The van der Waals surface area contributed by atoms with Crippen LogP contribution in [-0.2, 0) is 11.2 Å². The fourth-order valence-electron chi connectivity index (χ4n) is 6.59. The van der Waals surface area contributed by atoms with E-state index in [0.29, 0.717) is 24.6 Å². The topological polar surface area (TPSA) is 86.9 Å². The molecule has 1 aliphatic carbocycles. The Hall–Kier alpha value is -5.08. The number of anilines is 1. The molecule has 2 N–H and O–H groups in total. The van der Waals surface area contributed by atoms with Gasteiger partial charge in [-0.3, -0.25) is 14.5 Å². The first-order chi connectivity index (χ1) is 21.5. The van der Waals surface area contributed by atoms with Crippen LogP contribution in [0, 0.1) is 0 Å². The molecule has 4 aromatic carbocycles. The summed E-state index contributed by atoms with van der Waals surface area (Å²) < 4.78 is 10.7. The molecule has 8 nitrogen and oxygen atoms in total. The van der Waals surface area contributed by atoms with Crippen molar-refractivity contribution >= 4 is 28.4 Å². The molecule has 8 heteroatoms. The Morgan fingerprint density at radius 2 is 1.61 bits per heavy atom. The van der Waals surface area contributed by atoms with Gasteiger partial charge in [0.05, 0.1) is 26.7 Å². The Labute approximate surface area is 256 Å². The summed E-state index contributed by atoms with van der Waals surface area (Å²) in [5, 5.41) is 4.14. The molecule has 5 aromatic rings. The van der Waals surface area contributed by atoms with Crippen LogP contribution in [0.25, 0.3) is 22.0 Å². The van der Waals surface area contributed by atoms with Gasteiger partial charge < -0.3 is 24.7 Å². The summed E-state index contributed by atoms with van der Waals surface area (Å²) in [6.07, 6.45) is 2.11. The molecule has 222 valence electrons. The minimum atomic E-state index is -0.103. The fourth-order valence-corrected chi connectivity index (χ4v) is 6.59. The number of aromatic amines is 1. The minimum Gasteiger partial charge on any atom is -0.493 e. The third kappa shape index (κ3) is 5.07. The highest BCUT2D eigenvalue weighted by atomic mass is 16.5. The Bertz CT molecular complexity index is 1870. The van der Waals surface area contributed by atoms with Crippen LogP contribution < -0.4 is 14.8 Å². The lowest BCUT2D eigenvalue weighted by Gasteiger charge is -2.38. The zero-order valence-corrected chi connectivity index (χ0v) is 24.8. The van der Waals surface area contributed by atoms with E-state index in [-0.39, 0.29) is 24.3 Å². The number of nitrogens with zero attached hydrogens (tertiary/aromatic N) is 2. The number of ether oxygens (including phenoxy) is 2. The summed E-state index contributed by atoms with van der Waals surface area (Å²) in [4.78, 5) is 34.1. The number of amides is 2. The van der Waals surface area contributed by atoms with Gasteiger partial charge in [0.25, 0.3) is 5.91 Å². The second kappa shape index (κ2) is 11.5. The van der Waals surface area contributed by atoms with E-state index in [1.165, 1.54) is 22.3 Å². The van der Waals surface area contributed by atoms with E-state index in [1.807, 2.05) is 59.6 Å². The van der Waals surface area contributed by atoms with Crippen molar-refractivity contribution < 1.29 is 19.1 Å². The third-order valence-electron chi connectivity index (χ3n) is 8.75. The number of H-pyrrole nitrogens is 1. The van der Waals surface area contributed by atoms with Crippen LogP contribution in [0.5, 0.6) is 11.5 Å². The quantitative estimate of drug-likeness (QED) is 0.248. The first-order valence-corrected chi connectivity index (χ1v) is 14.9. The van der Waals surface area contributed by atoms with Crippen LogP contribution in [0.4, 0.5) is 5.69 Å². The zero-order chi connectivity index (χ0) is 30.2. The number of benzene rings is 4. The molecule has 1 aromatic heterocycles. The number of rotatable bonds is 7. The van der Waals surface area contributed by atoms with Gasteiger partial charge in [-0.25, -0.2) is 0 Å². The van der Waals surface area contributed by atoms with Crippen LogP contribution in [0.15, 0.2) is 91.1 Å². The summed E-state index contributed by atoms with van der Waals surface area (Å²) in [5.74, 6) is 1.19. The first kappa shape index (κ1) is 27.7. The van der Waals surface area contributed by atoms with Gasteiger partial charge >= 0.3 is 0 Å². The minimum absolute atomic E-state index is 0.0531. The van der Waals surface area contributed by atoms with Crippen LogP contribution in [0.3, 0.4) is 0 Å². The molecule has 0 spiro atoms. The van der Waals surface area contributed by atoms with Crippen molar-refractivity contribution in [2.24, 2.45) is 0 Å². The van der Waals surface area contributed by atoms with Crippen molar-refractivity contribution in [3.8, 4) is 22.6 Å². The van der Waals surface area contributed by atoms with E-state index in [0.717, 1.165) is 40.8 Å². The Morgan fingerprint density at radius 3 is 2.43 bits per heavy atom. The van der Waals surface area contributed by atoms with E-state index >= 15 is 0 Å². The van der Waals surface area contributed by atoms with E-state index in [1.54, 1.807) is 14.2 Å². The van der Waals surface area contributed by atoms with Crippen molar-refractivity contribution in [3.63, 3.8) is 0 Å². The third-order valence-corrected chi connectivity index (χ3v) is 8.75. The SMILES string of the molecule is COc1ccc(CC(=O)Nc2ccc3c(c2)C(N2CCN(C(=O)c4ccc5[nH]ccc5c4)CC2)c2ccccc2-3)cc1OC. The second-order valence-corrected chi connectivity index (χ2v) is 11.3. The largest absolute Gasteiger partial charge is 0.493 e. The van der Waals surface area contributed by atoms with Crippen molar-refractivity contribution in [2.45, 2.75) is 12.5 Å². The number of piperazine rings is 1. The molecule has 1 aliphatic heterocycles. The van der Waals surface area contributed by atoms with E-state index in [2.05, 4.69) is 51.6 Å². The predicted molar refractivity (Wildman–Crippen MR) is 171 cm³/mol. The maximum Gasteiger partial charge on any atom is 0.253 e. The number of methoxy groups -OCH3 is 2. The van der Waals surface area contributed by atoms with Crippen molar-refractivity contribution in [3.05, 3.63) is 113 Å². The monoisotopic (exact) mass is 586 g/mol. The van der Waals surface area contributed by atoms with Gasteiger partial charge in [-0.1, -0.05) is 36.4 Å². The number of aromatic nitrogens is 1. The summed E-state index contributed by atoms with van der Waals surface area (Å²) in [5.41, 5.74) is 8.18. The summed E-state index contributed by atoms with van der Waals surface area (Å²) in [6, 6.07) is 28.1. The zero-order valence-electron chi connectivity index (χ0n) is 24.8. The lowest BCUT2D eigenvalue weighted by Crippen LogP contribution is -2.49. The van der Waals surface area contributed by atoms with E-state index in [4.69, 9.17) is 9.47 Å². The number of hydrogen-bond acceptors (Lipinski definition) is 5. The van der Waals surface area contributed by atoms with Gasteiger partial charge in [0.2, 0.25) is 5.91 Å². The number of carbonyl (C=O) groups excluding carboxylic acids is 2. The number of hydrogen-bond donors (Lipinski definition) is 2. The summed E-state index contributed by atoms with van der Waals surface area (Å²) >= 11 is 0. The molecule has 1 atom stereocenters. The summed E-state index contributed by atoms with van der Waals surface area (Å²) in [7, 11) is 3.18. The highest BCUT2D eigenvalue weighted by Gasteiger charge is 2.35. The van der Waals surface area contributed by atoms with Crippen LogP contribution in [0.1, 0.15) is 33.1 Å². The van der Waals surface area contributed by atoms with Crippen molar-refractivity contribution in [1.29, 1.82) is 0 Å². The molecule has 0 saturated carbocycles. The molecular formula is C36H34N4O4. The molecular weight excluding hydrogens is 552 g/mol. The molecule has 2 amide bonds. The van der Waals surface area contributed by atoms with Crippen LogP contribution >= 0.6 is 0 Å². The Kier molecular flexibility index (Phi) is 7.28. The maximum absolute atomic E-state index is 13.4. The predicted octanol–water partition coefficient (Wildman–Crippen LogP) is 5.89. The number of carbonyl (C=O) groups is 2.